The van der Waals surface area contributed by atoms with Crippen molar-refractivity contribution >= 4 is 11.6 Å². The van der Waals surface area contributed by atoms with Gasteiger partial charge in [0.1, 0.15) is 18.0 Å². The number of nitrogen functional groups attached to an aromatic ring is 1. The van der Waals surface area contributed by atoms with Crippen molar-refractivity contribution in [1.29, 1.82) is 0 Å². The summed E-state index contributed by atoms with van der Waals surface area (Å²) in [6.45, 7) is 7.77. The molecule has 3 rings (SSSR count). The van der Waals surface area contributed by atoms with E-state index in [-0.39, 0.29) is 0 Å². The van der Waals surface area contributed by atoms with Crippen molar-refractivity contribution < 1.29 is 5.11 Å². The first-order valence-electron chi connectivity index (χ1n) is 9.40. The lowest BCUT2D eigenvalue weighted by molar-refractivity contribution is 0.0482. The number of anilines is 2. The van der Waals surface area contributed by atoms with Gasteiger partial charge in [-0.3, -0.25) is 0 Å². The number of hydrogen-bond acceptors (Lipinski definition) is 6. The van der Waals surface area contributed by atoms with Crippen molar-refractivity contribution in [1.82, 2.24) is 15.0 Å². The van der Waals surface area contributed by atoms with Gasteiger partial charge < -0.3 is 15.7 Å². The highest BCUT2D eigenvalue weighted by molar-refractivity contribution is 5.77. The molecule has 2 aromatic heterocycles. The second-order valence-electron chi connectivity index (χ2n) is 7.79. The molecule has 0 spiro atoms. The molecule has 0 radical (unpaired) electrons. The van der Waals surface area contributed by atoms with Gasteiger partial charge in [-0.25, -0.2) is 15.0 Å². The summed E-state index contributed by atoms with van der Waals surface area (Å²) in [5, 5.41) is 10.1. The second kappa shape index (κ2) is 7.58. The first-order chi connectivity index (χ1) is 12.4. The zero-order valence-corrected chi connectivity index (χ0v) is 15.9. The van der Waals surface area contributed by atoms with E-state index in [1.54, 1.807) is 12.5 Å². The van der Waals surface area contributed by atoms with Crippen LogP contribution < -0.4 is 10.6 Å². The Bertz CT molecular complexity index is 731. The van der Waals surface area contributed by atoms with Crippen LogP contribution in [0.4, 0.5) is 11.6 Å². The van der Waals surface area contributed by atoms with E-state index in [2.05, 4.69) is 26.8 Å². The SMILES string of the molecule is CCc1ncnc(N2CCC(CC(C)(C)O)CC2)c1-c1ccc(N)nc1. The molecule has 6 nitrogen and oxygen atoms in total. The predicted molar refractivity (Wildman–Crippen MR) is 105 cm³/mol. The molecule has 0 amide bonds. The fraction of sp³-hybridized carbons (Fsp3) is 0.550. The number of aliphatic hydroxyl groups is 1. The average Bonchev–Trinajstić information content (AvgIpc) is 2.61. The zero-order chi connectivity index (χ0) is 18.7. The van der Waals surface area contributed by atoms with E-state index < -0.39 is 5.60 Å². The topological polar surface area (TPSA) is 88.2 Å². The lowest BCUT2D eigenvalue weighted by Crippen LogP contribution is -2.37. The molecule has 1 fully saturated rings. The van der Waals surface area contributed by atoms with E-state index in [9.17, 15) is 5.11 Å². The lowest BCUT2D eigenvalue weighted by Gasteiger charge is -2.36. The molecule has 140 valence electrons. The van der Waals surface area contributed by atoms with Crippen molar-refractivity contribution in [3.8, 4) is 11.1 Å². The molecule has 1 aliphatic rings. The molecule has 3 heterocycles. The van der Waals surface area contributed by atoms with Crippen molar-refractivity contribution in [2.45, 2.75) is 52.1 Å². The first-order valence-corrected chi connectivity index (χ1v) is 9.40. The number of aryl methyl sites for hydroxylation is 1. The predicted octanol–water partition coefficient (Wildman–Crippen LogP) is 3.06. The fourth-order valence-corrected chi connectivity index (χ4v) is 3.82. The van der Waals surface area contributed by atoms with E-state index in [4.69, 9.17) is 5.73 Å². The number of nitrogens with zero attached hydrogens (tertiary/aromatic N) is 4. The Labute approximate surface area is 155 Å². The van der Waals surface area contributed by atoms with Crippen LogP contribution in [-0.4, -0.2) is 38.7 Å². The number of hydrogen-bond donors (Lipinski definition) is 2. The monoisotopic (exact) mass is 355 g/mol. The summed E-state index contributed by atoms with van der Waals surface area (Å²) >= 11 is 0. The summed E-state index contributed by atoms with van der Waals surface area (Å²) in [5.41, 5.74) is 8.24. The first kappa shape index (κ1) is 18.6. The van der Waals surface area contributed by atoms with Gasteiger partial charge in [0.2, 0.25) is 0 Å². The van der Waals surface area contributed by atoms with Crippen LogP contribution in [0.1, 0.15) is 45.7 Å². The highest BCUT2D eigenvalue weighted by Crippen LogP contribution is 2.35. The molecule has 0 bridgehead atoms. The normalized spacial score (nSPS) is 16.1. The van der Waals surface area contributed by atoms with Crippen LogP contribution in [0.5, 0.6) is 0 Å². The molecule has 0 aromatic carbocycles. The summed E-state index contributed by atoms with van der Waals surface area (Å²) in [6, 6.07) is 3.81. The molecule has 0 unspecified atom stereocenters. The van der Waals surface area contributed by atoms with Gasteiger partial charge in [-0.05, 0) is 57.6 Å². The summed E-state index contributed by atoms with van der Waals surface area (Å²) in [4.78, 5) is 15.7. The summed E-state index contributed by atoms with van der Waals surface area (Å²) in [7, 11) is 0. The molecule has 6 heteroatoms. The Hall–Kier alpha value is -2.21. The molecule has 0 atom stereocenters. The molecule has 0 saturated carbocycles. The zero-order valence-electron chi connectivity index (χ0n) is 15.9. The van der Waals surface area contributed by atoms with E-state index in [1.807, 2.05) is 26.0 Å². The van der Waals surface area contributed by atoms with Crippen LogP contribution in [0, 0.1) is 5.92 Å². The van der Waals surface area contributed by atoms with Gasteiger partial charge in [0, 0.05) is 30.4 Å². The van der Waals surface area contributed by atoms with Crippen LogP contribution in [0.25, 0.3) is 11.1 Å². The highest BCUT2D eigenvalue weighted by Gasteiger charge is 2.27. The minimum absolute atomic E-state index is 0.512. The maximum absolute atomic E-state index is 10.1. The Balaban J connectivity index is 1.86. The number of aromatic nitrogens is 3. The standard InChI is InChI=1S/C20H29N5O/c1-4-16-18(15-5-6-17(21)22-12-15)19(24-13-23-16)25-9-7-14(8-10-25)11-20(2,3)26/h5-6,12-14,26H,4,7-11H2,1-3H3,(H2,21,22). The van der Waals surface area contributed by atoms with Crippen molar-refractivity contribution in [3.05, 3.63) is 30.4 Å². The summed E-state index contributed by atoms with van der Waals surface area (Å²) < 4.78 is 0. The molecule has 26 heavy (non-hydrogen) atoms. The van der Waals surface area contributed by atoms with Gasteiger partial charge in [-0.2, -0.15) is 0 Å². The lowest BCUT2D eigenvalue weighted by atomic mass is 9.86. The van der Waals surface area contributed by atoms with Gasteiger partial charge in [-0.1, -0.05) is 6.92 Å². The number of rotatable bonds is 5. The maximum Gasteiger partial charge on any atom is 0.140 e. The van der Waals surface area contributed by atoms with E-state index in [0.717, 1.165) is 61.4 Å². The van der Waals surface area contributed by atoms with Gasteiger partial charge in [0.15, 0.2) is 0 Å². The van der Waals surface area contributed by atoms with Crippen LogP contribution in [0.15, 0.2) is 24.7 Å². The van der Waals surface area contributed by atoms with Gasteiger partial charge in [-0.15, -0.1) is 0 Å². The fourth-order valence-electron chi connectivity index (χ4n) is 3.82. The van der Waals surface area contributed by atoms with Crippen molar-refractivity contribution in [3.63, 3.8) is 0 Å². The number of nitrogens with two attached hydrogens (primary N) is 1. The van der Waals surface area contributed by atoms with Crippen LogP contribution in [-0.2, 0) is 6.42 Å². The Morgan fingerprint density at radius 2 is 1.92 bits per heavy atom. The van der Waals surface area contributed by atoms with Crippen molar-refractivity contribution in [2.24, 2.45) is 5.92 Å². The Morgan fingerprint density at radius 1 is 1.19 bits per heavy atom. The van der Waals surface area contributed by atoms with Gasteiger partial charge in [0.05, 0.1) is 11.3 Å². The quantitative estimate of drug-likeness (QED) is 0.857. The molecular formula is C20H29N5O. The average molecular weight is 355 g/mol. The molecule has 3 N–H and O–H groups in total. The van der Waals surface area contributed by atoms with Crippen LogP contribution in [0.3, 0.4) is 0 Å². The largest absolute Gasteiger partial charge is 0.390 e. The van der Waals surface area contributed by atoms with Gasteiger partial charge >= 0.3 is 0 Å². The third kappa shape index (κ3) is 4.30. The third-order valence-electron chi connectivity index (χ3n) is 5.02. The molecule has 0 aliphatic carbocycles. The molecule has 1 saturated heterocycles. The van der Waals surface area contributed by atoms with Crippen molar-refractivity contribution in [2.75, 3.05) is 23.7 Å². The summed E-state index contributed by atoms with van der Waals surface area (Å²) in [5.74, 6) is 2.04. The van der Waals surface area contributed by atoms with Crippen LogP contribution >= 0.6 is 0 Å². The minimum Gasteiger partial charge on any atom is -0.390 e. The highest BCUT2D eigenvalue weighted by atomic mass is 16.3. The molecular weight excluding hydrogens is 326 g/mol. The minimum atomic E-state index is -0.599. The van der Waals surface area contributed by atoms with E-state index >= 15 is 0 Å². The van der Waals surface area contributed by atoms with E-state index in [1.165, 1.54) is 0 Å². The third-order valence-corrected chi connectivity index (χ3v) is 5.02. The maximum atomic E-state index is 10.1. The molecule has 2 aromatic rings. The number of piperidine rings is 1. The number of pyridine rings is 1. The Kier molecular flexibility index (Phi) is 5.41. The second-order valence-corrected chi connectivity index (χ2v) is 7.79. The smallest absolute Gasteiger partial charge is 0.140 e. The summed E-state index contributed by atoms with van der Waals surface area (Å²) in [6.07, 6.45) is 7.27. The molecule has 1 aliphatic heterocycles. The van der Waals surface area contributed by atoms with Gasteiger partial charge in [0.25, 0.3) is 0 Å². The van der Waals surface area contributed by atoms with Crippen LogP contribution in [0.2, 0.25) is 0 Å². The Morgan fingerprint density at radius 3 is 2.50 bits per heavy atom. The van der Waals surface area contributed by atoms with E-state index in [0.29, 0.717) is 11.7 Å².